The SMILES string of the molecule is CCC1CC=CC=C1CNc1nc(Cc2ccc(N3CCC(O)CC3)cc2)nc2ccn(C)c12. The van der Waals surface area contributed by atoms with E-state index in [1.54, 1.807) is 0 Å². The molecule has 2 N–H and O–H groups in total. The van der Waals surface area contributed by atoms with E-state index >= 15 is 0 Å². The van der Waals surface area contributed by atoms with Gasteiger partial charge in [-0.1, -0.05) is 37.3 Å². The summed E-state index contributed by atoms with van der Waals surface area (Å²) in [6.45, 7) is 4.89. The van der Waals surface area contributed by atoms with E-state index in [0.29, 0.717) is 12.3 Å². The van der Waals surface area contributed by atoms with Crippen molar-refractivity contribution in [3.05, 3.63) is 71.7 Å². The molecule has 1 aliphatic heterocycles. The van der Waals surface area contributed by atoms with Gasteiger partial charge in [-0.3, -0.25) is 0 Å². The summed E-state index contributed by atoms with van der Waals surface area (Å²) in [4.78, 5) is 12.2. The van der Waals surface area contributed by atoms with Crippen molar-refractivity contribution in [2.75, 3.05) is 29.9 Å². The number of benzene rings is 1. The topological polar surface area (TPSA) is 66.2 Å². The number of fused-ring (bicyclic) bond motifs is 1. The molecule has 0 amide bonds. The second-order valence-electron chi connectivity index (χ2n) is 9.57. The monoisotopic (exact) mass is 457 g/mol. The van der Waals surface area contributed by atoms with Gasteiger partial charge in [0.25, 0.3) is 0 Å². The van der Waals surface area contributed by atoms with Crippen LogP contribution >= 0.6 is 0 Å². The Kier molecular flexibility index (Phi) is 6.68. The number of aliphatic hydroxyl groups is 1. The molecule has 1 aromatic carbocycles. The number of aromatic nitrogens is 3. The van der Waals surface area contributed by atoms with Crippen LogP contribution in [0.5, 0.6) is 0 Å². The maximum Gasteiger partial charge on any atom is 0.154 e. The number of anilines is 2. The van der Waals surface area contributed by atoms with E-state index in [4.69, 9.17) is 9.97 Å². The summed E-state index contributed by atoms with van der Waals surface area (Å²) >= 11 is 0. The lowest BCUT2D eigenvalue weighted by Crippen LogP contribution is -2.35. The van der Waals surface area contributed by atoms with E-state index in [1.165, 1.54) is 16.8 Å². The molecule has 0 radical (unpaired) electrons. The molecule has 5 rings (SSSR count). The summed E-state index contributed by atoms with van der Waals surface area (Å²) in [5.74, 6) is 2.34. The molecule has 0 bridgehead atoms. The van der Waals surface area contributed by atoms with Crippen molar-refractivity contribution in [2.24, 2.45) is 13.0 Å². The van der Waals surface area contributed by atoms with Gasteiger partial charge in [-0.15, -0.1) is 0 Å². The Bertz CT molecular complexity index is 1190. The van der Waals surface area contributed by atoms with Crippen LogP contribution in [0.1, 0.15) is 44.0 Å². The van der Waals surface area contributed by atoms with Gasteiger partial charge in [0.2, 0.25) is 0 Å². The van der Waals surface area contributed by atoms with Gasteiger partial charge >= 0.3 is 0 Å². The van der Waals surface area contributed by atoms with Gasteiger partial charge in [-0.2, -0.15) is 0 Å². The fourth-order valence-electron chi connectivity index (χ4n) is 5.11. The molecule has 1 saturated heterocycles. The zero-order chi connectivity index (χ0) is 23.5. The van der Waals surface area contributed by atoms with Crippen LogP contribution < -0.4 is 10.2 Å². The third-order valence-corrected chi connectivity index (χ3v) is 7.24. The third kappa shape index (κ3) is 4.87. The molecule has 1 atom stereocenters. The molecule has 0 spiro atoms. The molecular weight excluding hydrogens is 422 g/mol. The van der Waals surface area contributed by atoms with Gasteiger partial charge < -0.3 is 19.9 Å². The van der Waals surface area contributed by atoms with Crippen molar-refractivity contribution in [3.8, 4) is 0 Å². The Balaban J connectivity index is 1.34. The van der Waals surface area contributed by atoms with Crippen LogP contribution in [0, 0.1) is 5.92 Å². The normalized spacial score (nSPS) is 19.0. The summed E-state index contributed by atoms with van der Waals surface area (Å²) in [5, 5.41) is 13.4. The molecule has 6 heteroatoms. The maximum absolute atomic E-state index is 9.77. The second-order valence-corrected chi connectivity index (χ2v) is 9.57. The van der Waals surface area contributed by atoms with Crippen LogP contribution in [0.2, 0.25) is 0 Å². The summed E-state index contributed by atoms with van der Waals surface area (Å²) < 4.78 is 2.10. The second kappa shape index (κ2) is 10.0. The molecule has 3 aromatic rings. The van der Waals surface area contributed by atoms with Gasteiger partial charge in [0.15, 0.2) is 5.82 Å². The first kappa shape index (κ1) is 22.7. The maximum atomic E-state index is 9.77. The number of hydrogen-bond donors (Lipinski definition) is 2. The average molecular weight is 458 g/mol. The van der Waals surface area contributed by atoms with E-state index in [0.717, 1.165) is 68.0 Å². The highest BCUT2D eigenvalue weighted by Gasteiger charge is 2.18. The highest BCUT2D eigenvalue weighted by molar-refractivity contribution is 5.86. The highest BCUT2D eigenvalue weighted by atomic mass is 16.3. The zero-order valence-corrected chi connectivity index (χ0v) is 20.2. The average Bonchev–Trinajstić information content (AvgIpc) is 3.24. The minimum Gasteiger partial charge on any atom is -0.393 e. The van der Waals surface area contributed by atoms with Crippen molar-refractivity contribution in [1.29, 1.82) is 0 Å². The first-order chi connectivity index (χ1) is 16.6. The van der Waals surface area contributed by atoms with Crippen LogP contribution in [0.25, 0.3) is 11.0 Å². The fourth-order valence-corrected chi connectivity index (χ4v) is 5.11. The van der Waals surface area contributed by atoms with E-state index in [9.17, 15) is 5.11 Å². The fraction of sp³-hybridized carbons (Fsp3) is 0.429. The third-order valence-electron chi connectivity index (χ3n) is 7.24. The molecule has 1 unspecified atom stereocenters. The van der Waals surface area contributed by atoms with Crippen molar-refractivity contribution in [2.45, 2.75) is 45.1 Å². The Morgan fingerprint density at radius 1 is 1.09 bits per heavy atom. The summed E-state index contributed by atoms with van der Waals surface area (Å²) in [6, 6.07) is 10.8. The zero-order valence-electron chi connectivity index (χ0n) is 20.2. The number of aliphatic hydroxyl groups excluding tert-OH is 1. The van der Waals surface area contributed by atoms with Crippen LogP contribution in [0.15, 0.2) is 60.3 Å². The lowest BCUT2D eigenvalue weighted by Gasteiger charge is -2.31. The molecule has 34 heavy (non-hydrogen) atoms. The molecule has 2 aliphatic rings. The Hall–Kier alpha value is -3.12. The highest BCUT2D eigenvalue weighted by Crippen LogP contribution is 2.27. The molecule has 0 saturated carbocycles. The predicted octanol–water partition coefficient (Wildman–Crippen LogP) is 4.84. The molecule has 6 nitrogen and oxygen atoms in total. The quantitative estimate of drug-likeness (QED) is 0.531. The standard InChI is InChI=1S/C28H35N5O/c1-3-21-6-4-5-7-22(21)19-29-28-27-25(14-15-32(27)2)30-26(31-28)18-20-8-10-23(11-9-20)33-16-12-24(34)13-17-33/h4-5,7-11,14-15,21,24,34H,3,6,12-13,16-19H2,1-2H3,(H,29,30,31). The largest absolute Gasteiger partial charge is 0.393 e. The van der Waals surface area contributed by atoms with Crippen molar-refractivity contribution >= 4 is 22.5 Å². The van der Waals surface area contributed by atoms with Crippen molar-refractivity contribution in [3.63, 3.8) is 0 Å². The number of allylic oxidation sites excluding steroid dienone is 3. The minimum atomic E-state index is -0.151. The molecule has 2 aromatic heterocycles. The number of nitrogens with one attached hydrogen (secondary N) is 1. The summed E-state index contributed by atoms with van der Waals surface area (Å²) in [7, 11) is 2.05. The van der Waals surface area contributed by atoms with Crippen molar-refractivity contribution < 1.29 is 5.11 Å². The van der Waals surface area contributed by atoms with Gasteiger partial charge in [-0.05, 0) is 60.9 Å². The van der Waals surface area contributed by atoms with E-state index < -0.39 is 0 Å². The lowest BCUT2D eigenvalue weighted by atomic mass is 9.89. The Labute approximate surface area is 202 Å². The Morgan fingerprint density at radius 3 is 2.65 bits per heavy atom. The first-order valence-corrected chi connectivity index (χ1v) is 12.5. The van der Waals surface area contributed by atoms with Crippen LogP contribution in [-0.2, 0) is 13.5 Å². The van der Waals surface area contributed by atoms with Gasteiger partial charge in [0, 0.05) is 45.0 Å². The van der Waals surface area contributed by atoms with Gasteiger partial charge in [0.1, 0.15) is 11.3 Å². The van der Waals surface area contributed by atoms with E-state index in [2.05, 4.69) is 76.5 Å². The first-order valence-electron chi connectivity index (χ1n) is 12.5. The number of piperidine rings is 1. The van der Waals surface area contributed by atoms with Crippen LogP contribution in [0.3, 0.4) is 0 Å². The van der Waals surface area contributed by atoms with Gasteiger partial charge in [0.05, 0.1) is 11.6 Å². The smallest absolute Gasteiger partial charge is 0.154 e. The lowest BCUT2D eigenvalue weighted by molar-refractivity contribution is 0.145. The Morgan fingerprint density at radius 2 is 1.88 bits per heavy atom. The summed E-state index contributed by atoms with van der Waals surface area (Å²) in [5.41, 5.74) is 5.88. The number of hydrogen-bond acceptors (Lipinski definition) is 5. The number of aryl methyl sites for hydroxylation is 1. The predicted molar refractivity (Wildman–Crippen MR) is 139 cm³/mol. The molecule has 3 heterocycles. The molecule has 1 fully saturated rings. The molecule has 1 aliphatic carbocycles. The van der Waals surface area contributed by atoms with E-state index in [1.807, 2.05) is 7.05 Å². The summed E-state index contributed by atoms with van der Waals surface area (Å²) in [6.07, 6.45) is 13.2. The van der Waals surface area contributed by atoms with E-state index in [-0.39, 0.29) is 6.10 Å². The minimum absolute atomic E-state index is 0.151. The van der Waals surface area contributed by atoms with Crippen LogP contribution in [0.4, 0.5) is 11.5 Å². The number of nitrogens with zero attached hydrogens (tertiary/aromatic N) is 4. The van der Waals surface area contributed by atoms with Crippen LogP contribution in [-0.4, -0.2) is 45.4 Å². The molecule has 178 valence electrons. The number of rotatable bonds is 7. The van der Waals surface area contributed by atoms with Gasteiger partial charge in [-0.25, -0.2) is 9.97 Å². The van der Waals surface area contributed by atoms with Crippen molar-refractivity contribution in [1.82, 2.24) is 14.5 Å². The molecular formula is C28H35N5O.